The van der Waals surface area contributed by atoms with Crippen LogP contribution in [-0.4, -0.2) is 41.0 Å². The van der Waals surface area contributed by atoms with E-state index in [-0.39, 0.29) is 19.2 Å². The molecule has 2 aromatic rings. The minimum absolute atomic E-state index is 0. The van der Waals surface area contributed by atoms with E-state index in [0.717, 1.165) is 29.0 Å². The fourth-order valence-electron chi connectivity index (χ4n) is 4.56. The Kier molecular flexibility index (Phi) is 12.5. The summed E-state index contributed by atoms with van der Waals surface area (Å²) < 4.78 is 36.5. The second-order valence-electron chi connectivity index (χ2n) is 11.2. The van der Waals surface area contributed by atoms with Crippen LogP contribution in [0.25, 0.3) is 0 Å². The molecule has 5 nitrogen and oxygen atoms in total. The van der Waals surface area contributed by atoms with Gasteiger partial charge in [-0.15, -0.1) is 0 Å². The van der Waals surface area contributed by atoms with E-state index < -0.39 is 11.9 Å². The molecule has 2 fully saturated rings. The number of likely N-dealkylation sites (tertiary alicyclic amines) is 1. The lowest BCUT2D eigenvalue weighted by Gasteiger charge is -2.34. The Labute approximate surface area is 228 Å². The Bertz CT molecular complexity index is 988. The molecule has 38 heavy (non-hydrogen) atoms. The van der Waals surface area contributed by atoms with E-state index in [9.17, 15) is 13.2 Å². The topological polar surface area (TPSA) is 67.1 Å². The molecule has 0 aromatic carbocycles. The number of piperidine rings is 1. The van der Waals surface area contributed by atoms with Crippen molar-refractivity contribution in [1.29, 1.82) is 0 Å². The smallest absolute Gasteiger partial charge is 0.383 e. The van der Waals surface area contributed by atoms with Gasteiger partial charge < -0.3 is 16.0 Å². The van der Waals surface area contributed by atoms with E-state index in [0.29, 0.717) is 11.5 Å². The van der Waals surface area contributed by atoms with Gasteiger partial charge in [0.15, 0.2) is 0 Å². The second kappa shape index (κ2) is 14.2. The molecule has 1 aliphatic carbocycles. The molecular weight excluding hydrogens is 487 g/mol. The number of nitrogens with one attached hydrogen (secondary N) is 1. The van der Waals surface area contributed by atoms with Gasteiger partial charge in [0.1, 0.15) is 17.3 Å². The quantitative estimate of drug-likeness (QED) is 0.411. The normalized spacial score (nSPS) is 16.4. The van der Waals surface area contributed by atoms with Crippen LogP contribution >= 0.6 is 0 Å². The van der Waals surface area contributed by atoms with Gasteiger partial charge in [-0.2, -0.15) is 13.2 Å². The van der Waals surface area contributed by atoms with Gasteiger partial charge in [-0.25, -0.2) is 9.97 Å². The molecule has 1 aliphatic heterocycles. The molecule has 4 rings (SSSR count). The number of anilines is 2. The van der Waals surface area contributed by atoms with Crippen molar-refractivity contribution in [3.8, 4) is 0 Å². The minimum Gasteiger partial charge on any atom is -0.383 e. The van der Waals surface area contributed by atoms with Crippen LogP contribution in [0.15, 0.2) is 24.3 Å². The van der Waals surface area contributed by atoms with Crippen molar-refractivity contribution < 1.29 is 13.2 Å². The van der Waals surface area contributed by atoms with Crippen molar-refractivity contribution >= 4 is 11.6 Å². The highest BCUT2D eigenvalue weighted by molar-refractivity contribution is 5.46. The number of aromatic nitrogens is 2. The molecule has 0 amide bonds. The number of nitrogen functional groups attached to an aromatic ring is 1. The third kappa shape index (κ3) is 9.75. The number of alkyl halides is 3. The maximum atomic E-state index is 12.2. The highest BCUT2D eigenvalue weighted by Gasteiger charge is 2.44. The van der Waals surface area contributed by atoms with Crippen LogP contribution < -0.4 is 11.1 Å². The summed E-state index contributed by atoms with van der Waals surface area (Å²) in [5.74, 6) is 1.56. The SMILES string of the molecule is C.CC(C)N1CCC2(CC1)CC2.CC(C)c1ccc(C(F)(F)F)nc1N.CNc1nc(C)ccc1C(C)C. The fourth-order valence-corrected chi connectivity index (χ4v) is 4.56. The zero-order chi connectivity index (χ0) is 28.0. The van der Waals surface area contributed by atoms with Crippen LogP contribution in [0.1, 0.15) is 109 Å². The van der Waals surface area contributed by atoms with Gasteiger partial charge in [0.05, 0.1) is 0 Å². The number of aryl methyl sites for hydroxylation is 1. The van der Waals surface area contributed by atoms with Crippen LogP contribution in [-0.2, 0) is 6.18 Å². The van der Waals surface area contributed by atoms with Crippen molar-refractivity contribution in [1.82, 2.24) is 14.9 Å². The van der Waals surface area contributed by atoms with Crippen molar-refractivity contribution in [2.75, 3.05) is 31.2 Å². The van der Waals surface area contributed by atoms with Crippen LogP contribution in [0, 0.1) is 12.3 Å². The molecule has 3 N–H and O–H groups in total. The monoisotopic (exact) mass is 537 g/mol. The number of nitrogens with two attached hydrogens (primary N) is 1. The van der Waals surface area contributed by atoms with E-state index >= 15 is 0 Å². The van der Waals surface area contributed by atoms with E-state index in [1.807, 2.05) is 27.8 Å². The van der Waals surface area contributed by atoms with Crippen molar-refractivity contribution in [2.45, 2.75) is 106 Å². The Morgan fingerprint density at radius 1 is 0.868 bits per heavy atom. The summed E-state index contributed by atoms with van der Waals surface area (Å²) in [4.78, 5) is 10.3. The van der Waals surface area contributed by atoms with Crippen LogP contribution in [0.4, 0.5) is 24.8 Å². The number of hydrogen-bond acceptors (Lipinski definition) is 5. The predicted molar refractivity (Wildman–Crippen MR) is 155 cm³/mol. The molecular formula is C30H50F3N5. The van der Waals surface area contributed by atoms with Gasteiger partial charge in [-0.05, 0) is 100 Å². The summed E-state index contributed by atoms with van der Waals surface area (Å²) in [6, 6.07) is 7.28. The lowest BCUT2D eigenvalue weighted by Crippen LogP contribution is -2.38. The average molecular weight is 538 g/mol. The summed E-state index contributed by atoms with van der Waals surface area (Å²) >= 11 is 0. The Hall–Kier alpha value is -2.35. The minimum atomic E-state index is -4.43. The Balaban J connectivity index is 0.000000283. The van der Waals surface area contributed by atoms with E-state index in [2.05, 4.69) is 60.0 Å². The summed E-state index contributed by atoms with van der Waals surface area (Å²) in [7, 11) is 1.91. The largest absolute Gasteiger partial charge is 0.433 e. The molecule has 216 valence electrons. The predicted octanol–water partition coefficient (Wildman–Crippen LogP) is 8.27. The maximum absolute atomic E-state index is 12.2. The number of halogens is 3. The van der Waals surface area contributed by atoms with Crippen LogP contribution in [0.3, 0.4) is 0 Å². The molecule has 1 saturated carbocycles. The first-order valence-corrected chi connectivity index (χ1v) is 13.4. The lowest BCUT2D eigenvalue weighted by molar-refractivity contribution is -0.141. The molecule has 3 heterocycles. The van der Waals surface area contributed by atoms with Crippen molar-refractivity contribution in [2.24, 2.45) is 5.41 Å². The van der Waals surface area contributed by atoms with Crippen LogP contribution in [0.5, 0.6) is 0 Å². The first-order valence-electron chi connectivity index (χ1n) is 13.4. The first kappa shape index (κ1) is 33.7. The average Bonchev–Trinajstić information content (AvgIpc) is 3.57. The standard InChI is InChI=1S/C10H16N2.C10H19N.C9H11F3N2.CH4/c1-7(2)9-6-5-8(3)12-10(9)11-4;1-9(2)11-7-5-10(3-4-10)6-8-11;1-5(2)6-3-4-7(9(10,11)12)14-8(6)13;/h5-7H,1-4H3,(H,11,12);9H,3-8H2,1-2H3;3-5H,1-2H3,(H2,13,14);1H4. The van der Waals surface area contributed by atoms with Gasteiger partial charge in [-0.1, -0.05) is 47.3 Å². The third-order valence-corrected chi connectivity index (χ3v) is 7.34. The van der Waals surface area contributed by atoms with E-state index in [1.165, 1.54) is 50.4 Å². The lowest BCUT2D eigenvalue weighted by atomic mass is 9.93. The van der Waals surface area contributed by atoms with E-state index in [1.54, 1.807) is 0 Å². The van der Waals surface area contributed by atoms with Gasteiger partial charge >= 0.3 is 6.18 Å². The maximum Gasteiger partial charge on any atom is 0.433 e. The fraction of sp³-hybridized carbons (Fsp3) is 0.667. The van der Waals surface area contributed by atoms with Crippen molar-refractivity contribution in [3.05, 3.63) is 46.8 Å². The van der Waals surface area contributed by atoms with Gasteiger partial charge in [-0.3, -0.25) is 0 Å². The van der Waals surface area contributed by atoms with E-state index in [4.69, 9.17) is 5.73 Å². The number of pyridine rings is 2. The van der Waals surface area contributed by atoms with Gasteiger partial charge in [0.25, 0.3) is 0 Å². The summed E-state index contributed by atoms with van der Waals surface area (Å²) in [5.41, 5.74) is 8.29. The number of hydrogen-bond donors (Lipinski definition) is 2. The number of nitrogens with zero attached hydrogens (tertiary/aromatic N) is 3. The summed E-state index contributed by atoms with van der Waals surface area (Å²) in [5, 5.41) is 3.11. The highest BCUT2D eigenvalue weighted by atomic mass is 19.4. The van der Waals surface area contributed by atoms with Gasteiger partial charge in [0.2, 0.25) is 0 Å². The molecule has 2 aliphatic rings. The molecule has 2 aromatic heterocycles. The zero-order valence-corrected chi connectivity index (χ0v) is 23.8. The zero-order valence-electron chi connectivity index (χ0n) is 23.8. The highest BCUT2D eigenvalue weighted by Crippen LogP contribution is 2.53. The number of rotatable bonds is 4. The summed E-state index contributed by atoms with van der Waals surface area (Å²) in [6.45, 7) is 17.4. The molecule has 1 spiro atoms. The first-order chi connectivity index (χ1) is 17.2. The molecule has 8 heteroatoms. The van der Waals surface area contributed by atoms with Crippen molar-refractivity contribution in [3.63, 3.8) is 0 Å². The Morgan fingerprint density at radius 3 is 1.79 bits per heavy atom. The molecule has 0 radical (unpaired) electrons. The third-order valence-electron chi connectivity index (χ3n) is 7.34. The van der Waals surface area contributed by atoms with Gasteiger partial charge in [0, 0.05) is 18.8 Å². The Morgan fingerprint density at radius 2 is 1.39 bits per heavy atom. The van der Waals surface area contributed by atoms with Crippen LogP contribution in [0.2, 0.25) is 0 Å². The molecule has 0 unspecified atom stereocenters. The molecule has 0 atom stereocenters. The molecule has 1 saturated heterocycles. The summed E-state index contributed by atoms with van der Waals surface area (Å²) in [6.07, 6.45) is 1.58. The molecule has 0 bridgehead atoms. The second-order valence-corrected chi connectivity index (χ2v) is 11.2.